The van der Waals surface area contributed by atoms with E-state index in [1.54, 1.807) is 12.3 Å². The minimum atomic E-state index is -0.377. The molecule has 0 atom stereocenters. The molecule has 0 N–H and O–H groups in total. The number of hydrogen-bond donors (Lipinski definition) is 0. The van der Waals surface area contributed by atoms with Gasteiger partial charge in [-0.15, -0.1) is 0 Å². The Morgan fingerprint density at radius 2 is 2.25 bits per heavy atom. The van der Waals surface area contributed by atoms with E-state index in [1.807, 2.05) is 0 Å². The second-order valence-corrected chi connectivity index (χ2v) is 3.67. The highest BCUT2D eigenvalue weighted by Gasteiger charge is 1.95. The molecule has 12 heavy (non-hydrogen) atoms. The van der Waals surface area contributed by atoms with Gasteiger partial charge >= 0.3 is 0 Å². The van der Waals surface area contributed by atoms with E-state index in [9.17, 15) is 9.18 Å². The first-order chi connectivity index (χ1) is 5.74. The van der Waals surface area contributed by atoms with Crippen LogP contribution in [0.2, 0.25) is 0 Å². The largest absolute Gasteiger partial charge is 0.314 e. The first-order valence-corrected chi connectivity index (χ1v) is 4.74. The summed E-state index contributed by atoms with van der Waals surface area (Å²) >= 11 is 2.12. The van der Waals surface area contributed by atoms with Crippen molar-refractivity contribution < 1.29 is 4.39 Å². The number of halogens is 2. The Morgan fingerprint density at radius 1 is 1.50 bits per heavy atom. The zero-order valence-corrected chi connectivity index (χ0v) is 8.62. The van der Waals surface area contributed by atoms with Crippen LogP contribution in [0.5, 0.6) is 0 Å². The lowest BCUT2D eigenvalue weighted by Gasteiger charge is -2.02. The van der Waals surface area contributed by atoms with Crippen molar-refractivity contribution in [3.63, 3.8) is 0 Å². The zero-order valence-electron chi connectivity index (χ0n) is 6.46. The molecule has 1 heterocycles. The first-order valence-electron chi connectivity index (χ1n) is 3.66. The van der Waals surface area contributed by atoms with Crippen molar-refractivity contribution in [1.29, 1.82) is 0 Å². The third-order valence-corrected chi connectivity index (χ3v) is 2.12. The van der Waals surface area contributed by atoms with Gasteiger partial charge in [-0.05, 0) is 35.1 Å². The van der Waals surface area contributed by atoms with Gasteiger partial charge in [0.25, 0.3) is 5.56 Å². The predicted molar refractivity (Wildman–Crippen MR) is 54.0 cm³/mol. The maximum atomic E-state index is 11.8. The fourth-order valence-corrected chi connectivity index (χ4v) is 1.42. The van der Waals surface area contributed by atoms with Gasteiger partial charge < -0.3 is 4.57 Å². The second-order valence-electron chi connectivity index (χ2n) is 2.42. The van der Waals surface area contributed by atoms with Crippen LogP contribution in [0.15, 0.2) is 23.1 Å². The van der Waals surface area contributed by atoms with Gasteiger partial charge in [0, 0.05) is 22.4 Å². The molecule has 0 amide bonds. The Kier molecular flexibility index (Phi) is 3.71. The Balaban J connectivity index is 2.83. The predicted octanol–water partition coefficient (Wildman–Crippen LogP) is 1.81. The molecule has 2 nitrogen and oxygen atoms in total. The van der Waals surface area contributed by atoms with Crippen molar-refractivity contribution in [3.05, 3.63) is 32.3 Å². The summed E-state index contributed by atoms with van der Waals surface area (Å²) in [4.78, 5) is 11.1. The fourth-order valence-electron chi connectivity index (χ4n) is 0.907. The van der Waals surface area contributed by atoms with Gasteiger partial charge in [0.2, 0.25) is 0 Å². The minimum Gasteiger partial charge on any atom is -0.314 e. The molecule has 66 valence electrons. The number of alkyl halides is 1. The van der Waals surface area contributed by atoms with Crippen molar-refractivity contribution in [2.45, 2.75) is 13.0 Å². The molecular weight excluding hydrogens is 272 g/mol. The van der Waals surface area contributed by atoms with Crippen LogP contribution in [-0.2, 0) is 6.54 Å². The van der Waals surface area contributed by atoms with Gasteiger partial charge in [-0.3, -0.25) is 9.18 Å². The molecule has 0 saturated carbocycles. The highest BCUT2D eigenvalue weighted by molar-refractivity contribution is 14.1. The summed E-state index contributed by atoms with van der Waals surface area (Å²) in [6.07, 6.45) is 2.14. The Hall–Kier alpha value is -0.390. The van der Waals surface area contributed by atoms with Crippen molar-refractivity contribution in [1.82, 2.24) is 4.57 Å². The zero-order chi connectivity index (χ0) is 8.97. The number of aromatic nitrogens is 1. The lowest BCUT2D eigenvalue weighted by atomic mass is 10.4. The highest BCUT2D eigenvalue weighted by atomic mass is 127. The fraction of sp³-hybridized carbons (Fsp3) is 0.375. The summed E-state index contributed by atoms with van der Waals surface area (Å²) in [5.41, 5.74) is -0.0659. The molecular formula is C8H9FINO. The summed E-state index contributed by atoms with van der Waals surface area (Å²) in [5, 5.41) is 0. The van der Waals surface area contributed by atoms with E-state index < -0.39 is 0 Å². The van der Waals surface area contributed by atoms with E-state index in [0.717, 1.165) is 3.57 Å². The van der Waals surface area contributed by atoms with Gasteiger partial charge in [0.1, 0.15) is 0 Å². The molecule has 0 aliphatic rings. The van der Waals surface area contributed by atoms with E-state index in [2.05, 4.69) is 22.6 Å². The molecule has 0 fully saturated rings. The second kappa shape index (κ2) is 4.59. The minimum absolute atomic E-state index is 0.0659. The number of rotatable bonds is 3. The Bertz CT molecular complexity index is 310. The van der Waals surface area contributed by atoms with Crippen molar-refractivity contribution in [2.75, 3.05) is 6.67 Å². The monoisotopic (exact) mass is 281 g/mol. The number of pyridine rings is 1. The molecule has 0 aliphatic carbocycles. The lowest BCUT2D eigenvalue weighted by Crippen LogP contribution is -2.18. The van der Waals surface area contributed by atoms with Crippen LogP contribution in [0.25, 0.3) is 0 Å². The molecule has 0 bridgehead atoms. The molecule has 0 radical (unpaired) electrons. The highest BCUT2D eigenvalue weighted by Crippen LogP contribution is 2.00. The molecule has 1 rings (SSSR count). The maximum absolute atomic E-state index is 11.8. The molecule has 0 saturated heterocycles. The van der Waals surface area contributed by atoms with E-state index in [4.69, 9.17) is 0 Å². The Morgan fingerprint density at radius 3 is 2.92 bits per heavy atom. The molecule has 4 heteroatoms. The summed E-state index contributed by atoms with van der Waals surface area (Å²) < 4.78 is 14.3. The van der Waals surface area contributed by atoms with Gasteiger partial charge in [-0.2, -0.15) is 0 Å². The van der Waals surface area contributed by atoms with Crippen LogP contribution in [0.4, 0.5) is 4.39 Å². The van der Waals surface area contributed by atoms with Crippen LogP contribution < -0.4 is 5.56 Å². The van der Waals surface area contributed by atoms with Gasteiger partial charge in [0.15, 0.2) is 0 Å². The molecule has 0 aromatic carbocycles. The summed E-state index contributed by atoms with van der Waals surface area (Å²) in [7, 11) is 0. The van der Waals surface area contributed by atoms with Crippen LogP contribution in [-0.4, -0.2) is 11.2 Å². The van der Waals surface area contributed by atoms with Gasteiger partial charge in [-0.1, -0.05) is 0 Å². The van der Waals surface area contributed by atoms with E-state index in [-0.39, 0.29) is 12.2 Å². The molecule has 1 aromatic heterocycles. The number of nitrogens with zero attached hydrogens (tertiary/aromatic N) is 1. The SMILES string of the molecule is O=c1ccc(I)cn1CCCF. The van der Waals surface area contributed by atoms with Gasteiger partial charge in [0.05, 0.1) is 6.67 Å². The number of hydrogen-bond acceptors (Lipinski definition) is 1. The third-order valence-electron chi connectivity index (χ3n) is 1.48. The summed E-state index contributed by atoms with van der Waals surface area (Å²) in [6.45, 7) is 0.0874. The quantitative estimate of drug-likeness (QED) is 0.774. The molecule has 1 aromatic rings. The van der Waals surface area contributed by atoms with E-state index >= 15 is 0 Å². The maximum Gasteiger partial charge on any atom is 0.250 e. The van der Waals surface area contributed by atoms with E-state index in [0.29, 0.717) is 13.0 Å². The average Bonchev–Trinajstić information content (AvgIpc) is 2.07. The molecule has 0 unspecified atom stereocenters. The standard InChI is InChI=1S/C8H9FINO/c9-4-1-5-11-6-7(10)2-3-8(11)12/h2-3,6H,1,4-5H2. The van der Waals surface area contributed by atoms with Crippen molar-refractivity contribution >= 4 is 22.6 Å². The molecule has 0 spiro atoms. The van der Waals surface area contributed by atoms with Crippen LogP contribution in [0.1, 0.15) is 6.42 Å². The smallest absolute Gasteiger partial charge is 0.250 e. The Labute approximate surface area is 83.5 Å². The third kappa shape index (κ3) is 2.58. The topological polar surface area (TPSA) is 22.0 Å². The average molecular weight is 281 g/mol. The van der Waals surface area contributed by atoms with Crippen molar-refractivity contribution in [2.24, 2.45) is 0 Å². The van der Waals surface area contributed by atoms with E-state index in [1.165, 1.54) is 10.6 Å². The number of aryl methyl sites for hydroxylation is 1. The first kappa shape index (κ1) is 9.70. The lowest BCUT2D eigenvalue weighted by molar-refractivity contribution is 0.443. The normalized spacial score (nSPS) is 10.2. The van der Waals surface area contributed by atoms with Crippen LogP contribution >= 0.6 is 22.6 Å². The summed E-state index contributed by atoms with van der Waals surface area (Å²) in [6, 6.07) is 3.24. The van der Waals surface area contributed by atoms with Crippen LogP contribution in [0, 0.1) is 3.57 Å². The van der Waals surface area contributed by atoms with Crippen LogP contribution in [0.3, 0.4) is 0 Å². The summed E-state index contributed by atoms with van der Waals surface area (Å²) in [5.74, 6) is 0. The van der Waals surface area contributed by atoms with Crippen molar-refractivity contribution in [3.8, 4) is 0 Å². The van der Waals surface area contributed by atoms with Gasteiger partial charge in [-0.25, -0.2) is 0 Å². The molecule has 0 aliphatic heterocycles.